The van der Waals surface area contributed by atoms with Crippen molar-refractivity contribution in [2.75, 3.05) is 17.2 Å². The van der Waals surface area contributed by atoms with Crippen LogP contribution < -0.4 is 10.6 Å². The number of aromatic nitrogens is 1. The maximum atomic E-state index is 12.7. The normalized spacial score (nSPS) is 13.0. The zero-order valence-corrected chi connectivity index (χ0v) is 21.7. The molecule has 5 rings (SSSR count). The Balaban J connectivity index is 0.00000148. The molecule has 0 atom stereocenters. The van der Waals surface area contributed by atoms with E-state index >= 15 is 0 Å². The Morgan fingerprint density at radius 2 is 1.72 bits per heavy atom. The summed E-state index contributed by atoms with van der Waals surface area (Å²) < 4.78 is 0. The van der Waals surface area contributed by atoms with Gasteiger partial charge in [-0.25, -0.2) is 4.79 Å². The molecule has 0 bridgehead atoms. The number of benzene rings is 3. The molecule has 5 heteroatoms. The molecule has 0 aliphatic carbocycles. The van der Waals surface area contributed by atoms with Crippen molar-refractivity contribution in [3.63, 3.8) is 0 Å². The summed E-state index contributed by atoms with van der Waals surface area (Å²) >= 11 is 0. The van der Waals surface area contributed by atoms with Gasteiger partial charge in [0.05, 0.1) is 5.52 Å². The first-order chi connectivity index (χ1) is 17.6. The number of carbonyl (C=O) groups is 1. The molecule has 0 saturated carbocycles. The summed E-state index contributed by atoms with van der Waals surface area (Å²) in [6.07, 6.45) is 2.80. The SMILES string of the molecule is CC.CC(C)c1ccc(NC(=O)Nc2cccc3c2CCN(Cc2ccnc4ccccc24)C3)cc1. The van der Waals surface area contributed by atoms with E-state index < -0.39 is 0 Å². The van der Waals surface area contributed by atoms with Crippen LogP contribution in [-0.4, -0.2) is 22.5 Å². The van der Waals surface area contributed by atoms with E-state index in [1.807, 2.05) is 50.4 Å². The average Bonchev–Trinajstić information content (AvgIpc) is 2.90. The molecule has 2 N–H and O–H groups in total. The van der Waals surface area contributed by atoms with Crippen molar-refractivity contribution >= 4 is 28.3 Å². The number of anilines is 2. The highest BCUT2D eigenvalue weighted by molar-refractivity contribution is 6.00. The van der Waals surface area contributed by atoms with Gasteiger partial charge in [0.1, 0.15) is 0 Å². The average molecular weight is 481 g/mol. The van der Waals surface area contributed by atoms with Crippen LogP contribution in [-0.2, 0) is 19.5 Å². The molecule has 0 radical (unpaired) electrons. The molecule has 0 fully saturated rings. The van der Waals surface area contributed by atoms with Crippen LogP contribution in [0.15, 0.2) is 79.0 Å². The summed E-state index contributed by atoms with van der Waals surface area (Å²) in [6, 6.07) is 24.4. The minimum atomic E-state index is -0.212. The van der Waals surface area contributed by atoms with Gasteiger partial charge in [-0.2, -0.15) is 0 Å². The standard InChI is InChI=1S/C29H30N4O.C2H6/c1-20(2)21-10-12-24(13-11-21)31-29(34)32-28-9-5-6-22-18-33(17-15-26(22)28)19-23-14-16-30-27-8-4-3-7-25(23)27;1-2/h3-14,16,20H,15,17-19H2,1-2H3,(H2,31,32,34);1-2H3. The number of para-hydroxylation sites is 1. The van der Waals surface area contributed by atoms with Gasteiger partial charge in [-0.05, 0) is 64.9 Å². The first kappa shape index (κ1) is 25.4. The van der Waals surface area contributed by atoms with Crippen LogP contribution in [0.1, 0.15) is 55.9 Å². The molecule has 0 spiro atoms. The molecule has 5 nitrogen and oxygen atoms in total. The number of carbonyl (C=O) groups excluding carboxylic acids is 1. The fourth-order valence-electron chi connectivity index (χ4n) is 4.69. The van der Waals surface area contributed by atoms with Crippen molar-refractivity contribution in [1.29, 1.82) is 0 Å². The highest BCUT2D eigenvalue weighted by Crippen LogP contribution is 2.28. The van der Waals surface area contributed by atoms with Gasteiger partial charge < -0.3 is 10.6 Å². The van der Waals surface area contributed by atoms with Gasteiger partial charge in [-0.1, -0.05) is 70.2 Å². The Morgan fingerprint density at radius 1 is 0.944 bits per heavy atom. The van der Waals surface area contributed by atoms with Crippen molar-refractivity contribution in [3.8, 4) is 0 Å². The van der Waals surface area contributed by atoms with Gasteiger partial charge >= 0.3 is 6.03 Å². The monoisotopic (exact) mass is 480 g/mol. The second kappa shape index (κ2) is 11.8. The topological polar surface area (TPSA) is 57.3 Å². The molecular weight excluding hydrogens is 444 g/mol. The quantitative estimate of drug-likeness (QED) is 0.309. The van der Waals surface area contributed by atoms with Crippen molar-refractivity contribution in [3.05, 3.63) is 101 Å². The Kier molecular flexibility index (Phi) is 8.34. The highest BCUT2D eigenvalue weighted by Gasteiger charge is 2.20. The third kappa shape index (κ3) is 5.92. The van der Waals surface area contributed by atoms with E-state index in [0.29, 0.717) is 5.92 Å². The van der Waals surface area contributed by atoms with Gasteiger partial charge in [-0.3, -0.25) is 9.88 Å². The maximum absolute atomic E-state index is 12.7. The summed E-state index contributed by atoms with van der Waals surface area (Å²) in [5.41, 5.74) is 7.77. The van der Waals surface area contributed by atoms with E-state index in [4.69, 9.17) is 0 Å². The predicted octanol–water partition coefficient (Wildman–Crippen LogP) is 7.59. The number of fused-ring (bicyclic) bond motifs is 2. The molecule has 4 aromatic rings. The molecule has 1 aliphatic heterocycles. The number of nitrogens with one attached hydrogen (secondary N) is 2. The third-order valence-electron chi connectivity index (χ3n) is 6.56. The lowest BCUT2D eigenvalue weighted by molar-refractivity contribution is 0.246. The third-order valence-corrected chi connectivity index (χ3v) is 6.56. The predicted molar refractivity (Wildman–Crippen MR) is 151 cm³/mol. The zero-order chi connectivity index (χ0) is 25.5. The zero-order valence-electron chi connectivity index (χ0n) is 21.7. The number of pyridine rings is 1. The minimum absolute atomic E-state index is 0.212. The Hall–Kier alpha value is -3.70. The van der Waals surface area contributed by atoms with Crippen LogP contribution in [0.25, 0.3) is 10.9 Å². The van der Waals surface area contributed by atoms with Crippen LogP contribution in [0.2, 0.25) is 0 Å². The summed E-state index contributed by atoms with van der Waals surface area (Å²) in [4.78, 5) is 19.6. The second-order valence-corrected chi connectivity index (χ2v) is 9.25. The Bertz CT molecular complexity index is 1310. The van der Waals surface area contributed by atoms with Crippen LogP contribution in [0.4, 0.5) is 16.2 Å². The molecular formula is C31H36N4O. The number of amides is 2. The van der Waals surface area contributed by atoms with Crippen LogP contribution in [0.5, 0.6) is 0 Å². The van der Waals surface area contributed by atoms with Crippen LogP contribution in [0.3, 0.4) is 0 Å². The molecule has 1 aromatic heterocycles. The molecule has 36 heavy (non-hydrogen) atoms. The van der Waals surface area contributed by atoms with Crippen molar-refractivity contribution in [2.24, 2.45) is 0 Å². The van der Waals surface area contributed by atoms with Gasteiger partial charge in [0, 0.05) is 42.6 Å². The lowest BCUT2D eigenvalue weighted by Gasteiger charge is -2.30. The second-order valence-electron chi connectivity index (χ2n) is 9.25. The van der Waals surface area contributed by atoms with E-state index in [0.717, 1.165) is 42.9 Å². The maximum Gasteiger partial charge on any atom is 0.323 e. The summed E-state index contributed by atoms with van der Waals surface area (Å²) in [7, 11) is 0. The van der Waals surface area contributed by atoms with Crippen molar-refractivity contribution in [2.45, 2.75) is 53.1 Å². The minimum Gasteiger partial charge on any atom is -0.308 e. The lowest BCUT2D eigenvalue weighted by atomic mass is 9.97. The molecule has 2 amide bonds. The first-order valence-electron chi connectivity index (χ1n) is 12.9. The summed E-state index contributed by atoms with van der Waals surface area (Å²) in [5, 5.41) is 7.24. The first-order valence-corrected chi connectivity index (χ1v) is 12.9. The number of hydrogen-bond donors (Lipinski definition) is 2. The van der Waals surface area contributed by atoms with E-state index in [1.54, 1.807) is 0 Å². The van der Waals surface area contributed by atoms with Crippen LogP contribution in [0, 0.1) is 0 Å². The van der Waals surface area contributed by atoms with E-state index in [-0.39, 0.29) is 6.03 Å². The summed E-state index contributed by atoms with van der Waals surface area (Å²) in [5.74, 6) is 0.468. The molecule has 1 aliphatic rings. The van der Waals surface area contributed by atoms with Gasteiger partial charge in [0.15, 0.2) is 0 Å². The van der Waals surface area contributed by atoms with Gasteiger partial charge in [0.2, 0.25) is 0 Å². The fraction of sp³-hybridized carbons (Fsp3) is 0.290. The number of rotatable bonds is 5. The van der Waals surface area contributed by atoms with Gasteiger partial charge in [-0.15, -0.1) is 0 Å². The van der Waals surface area contributed by atoms with E-state index in [2.05, 4.69) is 76.8 Å². The molecule has 0 unspecified atom stereocenters. The smallest absolute Gasteiger partial charge is 0.308 e. The van der Waals surface area contributed by atoms with Gasteiger partial charge in [0.25, 0.3) is 0 Å². The van der Waals surface area contributed by atoms with E-state index in [9.17, 15) is 4.79 Å². The molecule has 3 aromatic carbocycles. The number of urea groups is 1. The molecule has 2 heterocycles. The Morgan fingerprint density at radius 3 is 2.50 bits per heavy atom. The van der Waals surface area contributed by atoms with E-state index in [1.165, 1.54) is 27.6 Å². The largest absolute Gasteiger partial charge is 0.323 e. The molecule has 0 saturated heterocycles. The summed E-state index contributed by atoms with van der Waals surface area (Å²) in [6.45, 7) is 11.0. The Labute approximate surface area is 214 Å². The lowest BCUT2D eigenvalue weighted by Crippen LogP contribution is -2.31. The molecule has 186 valence electrons. The van der Waals surface area contributed by atoms with Crippen molar-refractivity contribution in [1.82, 2.24) is 9.88 Å². The number of nitrogens with zero attached hydrogens (tertiary/aromatic N) is 2. The van der Waals surface area contributed by atoms with Crippen molar-refractivity contribution < 1.29 is 4.79 Å². The highest BCUT2D eigenvalue weighted by atomic mass is 16.2. The van der Waals surface area contributed by atoms with Crippen LogP contribution >= 0.6 is 0 Å². The number of hydrogen-bond acceptors (Lipinski definition) is 3. The fourth-order valence-corrected chi connectivity index (χ4v) is 4.69.